The van der Waals surface area contributed by atoms with Gasteiger partial charge in [-0.3, -0.25) is 9.59 Å². The fourth-order valence-corrected chi connectivity index (χ4v) is 2.60. The molecule has 0 unspecified atom stereocenters. The van der Waals surface area contributed by atoms with Gasteiger partial charge in [-0.15, -0.1) is 11.3 Å². The second-order valence-corrected chi connectivity index (χ2v) is 6.54. The smallest absolute Gasteiger partial charge is 0.305 e. The summed E-state index contributed by atoms with van der Waals surface area (Å²) in [6.45, 7) is 4.75. The van der Waals surface area contributed by atoms with Gasteiger partial charge < -0.3 is 10.0 Å². The van der Waals surface area contributed by atoms with Crippen molar-refractivity contribution >= 4 is 40.9 Å². The van der Waals surface area contributed by atoms with Crippen LogP contribution in [0.4, 0.5) is 0 Å². The standard InChI is InChI=1S/C14H18ClNO3S/c1-10(2)9-16(8-7-14(18)19)13(17)6-4-11-3-5-12(15)20-11/h3-6,10H,7-9H2,1-2H3,(H,18,19). The molecule has 0 saturated heterocycles. The molecule has 0 bridgehead atoms. The molecule has 0 aromatic carbocycles. The number of hydrogen-bond acceptors (Lipinski definition) is 3. The van der Waals surface area contributed by atoms with Crippen molar-refractivity contribution in [1.82, 2.24) is 4.90 Å². The molecule has 0 saturated carbocycles. The Kier molecular flexibility index (Phi) is 6.75. The fourth-order valence-electron chi connectivity index (χ4n) is 1.64. The summed E-state index contributed by atoms with van der Waals surface area (Å²) < 4.78 is 0.669. The summed E-state index contributed by atoms with van der Waals surface area (Å²) in [5.74, 6) is -0.789. The summed E-state index contributed by atoms with van der Waals surface area (Å²) >= 11 is 7.20. The van der Waals surface area contributed by atoms with Crippen molar-refractivity contribution in [2.75, 3.05) is 13.1 Å². The molecule has 1 aromatic heterocycles. The lowest BCUT2D eigenvalue weighted by Crippen LogP contribution is -2.34. The van der Waals surface area contributed by atoms with Gasteiger partial charge in [-0.2, -0.15) is 0 Å². The summed E-state index contributed by atoms with van der Waals surface area (Å²) in [4.78, 5) is 25.2. The summed E-state index contributed by atoms with van der Waals surface area (Å²) in [5.41, 5.74) is 0. The van der Waals surface area contributed by atoms with Gasteiger partial charge in [0.05, 0.1) is 10.8 Å². The normalized spacial score (nSPS) is 11.2. The first-order valence-electron chi connectivity index (χ1n) is 6.32. The number of hydrogen-bond donors (Lipinski definition) is 1. The Morgan fingerprint density at radius 1 is 1.45 bits per heavy atom. The van der Waals surface area contributed by atoms with Crippen molar-refractivity contribution in [3.8, 4) is 0 Å². The Morgan fingerprint density at radius 3 is 2.65 bits per heavy atom. The zero-order valence-electron chi connectivity index (χ0n) is 11.5. The molecule has 0 aliphatic heterocycles. The van der Waals surface area contributed by atoms with E-state index in [1.54, 1.807) is 17.0 Å². The predicted octanol–water partition coefficient (Wildman–Crippen LogP) is 3.37. The van der Waals surface area contributed by atoms with E-state index in [0.29, 0.717) is 10.9 Å². The first kappa shape index (κ1) is 16.7. The second-order valence-electron chi connectivity index (χ2n) is 4.80. The van der Waals surface area contributed by atoms with Crippen LogP contribution in [0.3, 0.4) is 0 Å². The number of rotatable bonds is 7. The molecule has 0 fully saturated rings. The first-order valence-corrected chi connectivity index (χ1v) is 7.52. The van der Waals surface area contributed by atoms with Crippen molar-refractivity contribution in [2.45, 2.75) is 20.3 Å². The van der Waals surface area contributed by atoms with E-state index in [1.165, 1.54) is 17.4 Å². The highest BCUT2D eigenvalue weighted by Gasteiger charge is 2.13. The third kappa shape index (κ3) is 6.21. The molecule has 1 heterocycles. The van der Waals surface area contributed by atoms with Crippen LogP contribution < -0.4 is 0 Å². The lowest BCUT2D eigenvalue weighted by Gasteiger charge is -2.22. The maximum Gasteiger partial charge on any atom is 0.305 e. The van der Waals surface area contributed by atoms with Crippen molar-refractivity contribution < 1.29 is 14.7 Å². The van der Waals surface area contributed by atoms with Crippen molar-refractivity contribution in [3.63, 3.8) is 0 Å². The summed E-state index contributed by atoms with van der Waals surface area (Å²) in [6.07, 6.45) is 3.12. The number of amides is 1. The largest absolute Gasteiger partial charge is 0.481 e. The van der Waals surface area contributed by atoms with Crippen molar-refractivity contribution in [1.29, 1.82) is 0 Å². The lowest BCUT2D eigenvalue weighted by molar-refractivity contribution is -0.138. The van der Waals surface area contributed by atoms with Crippen LogP contribution in [0.15, 0.2) is 18.2 Å². The maximum atomic E-state index is 12.1. The predicted molar refractivity (Wildman–Crippen MR) is 82.0 cm³/mol. The van der Waals surface area contributed by atoms with E-state index < -0.39 is 5.97 Å². The fraction of sp³-hybridized carbons (Fsp3) is 0.429. The number of halogens is 1. The van der Waals surface area contributed by atoms with Gasteiger partial charge in [0.25, 0.3) is 0 Å². The van der Waals surface area contributed by atoms with Crippen LogP contribution in [-0.2, 0) is 9.59 Å². The number of carbonyl (C=O) groups excluding carboxylic acids is 1. The van der Waals surface area contributed by atoms with E-state index in [0.717, 1.165) is 4.88 Å². The Balaban J connectivity index is 2.66. The van der Waals surface area contributed by atoms with Gasteiger partial charge in [0, 0.05) is 24.0 Å². The highest BCUT2D eigenvalue weighted by Crippen LogP contribution is 2.22. The van der Waals surface area contributed by atoms with E-state index >= 15 is 0 Å². The molecule has 6 heteroatoms. The topological polar surface area (TPSA) is 57.6 Å². The molecule has 1 rings (SSSR count). The summed E-state index contributed by atoms with van der Waals surface area (Å²) in [6, 6.07) is 3.60. The van der Waals surface area contributed by atoms with E-state index in [-0.39, 0.29) is 24.8 Å². The van der Waals surface area contributed by atoms with Gasteiger partial charge in [-0.25, -0.2) is 0 Å². The van der Waals surface area contributed by atoms with Gasteiger partial charge in [-0.05, 0) is 24.1 Å². The third-order valence-electron chi connectivity index (χ3n) is 2.48. The highest BCUT2D eigenvalue weighted by molar-refractivity contribution is 7.17. The van der Waals surface area contributed by atoms with Crippen LogP contribution in [-0.4, -0.2) is 35.0 Å². The molecule has 20 heavy (non-hydrogen) atoms. The van der Waals surface area contributed by atoms with Crippen molar-refractivity contribution in [3.05, 3.63) is 27.4 Å². The van der Waals surface area contributed by atoms with E-state index in [4.69, 9.17) is 16.7 Å². The minimum Gasteiger partial charge on any atom is -0.481 e. The van der Waals surface area contributed by atoms with Gasteiger partial charge in [0.15, 0.2) is 0 Å². The Bertz CT molecular complexity index is 496. The maximum absolute atomic E-state index is 12.1. The molecule has 0 aliphatic rings. The number of carboxylic acid groups (broad SMARTS) is 1. The van der Waals surface area contributed by atoms with Crippen LogP contribution in [0.5, 0.6) is 0 Å². The molecule has 0 aliphatic carbocycles. The van der Waals surface area contributed by atoms with Crippen LogP contribution in [0.2, 0.25) is 4.34 Å². The van der Waals surface area contributed by atoms with Gasteiger partial charge in [-0.1, -0.05) is 25.4 Å². The number of carbonyl (C=O) groups is 2. The molecule has 0 radical (unpaired) electrons. The van der Waals surface area contributed by atoms with Crippen LogP contribution in [0, 0.1) is 5.92 Å². The number of aliphatic carboxylic acids is 1. The Labute approximate surface area is 127 Å². The van der Waals surface area contributed by atoms with Gasteiger partial charge in [0.1, 0.15) is 0 Å². The molecule has 1 amide bonds. The second kappa shape index (κ2) is 8.07. The zero-order chi connectivity index (χ0) is 15.1. The lowest BCUT2D eigenvalue weighted by atomic mass is 10.2. The van der Waals surface area contributed by atoms with E-state index in [2.05, 4.69) is 0 Å². The molecule has 4 nitrogen and oxygen atoms in total. The molecule has 110 valence electrons. The highest BCUT2D eigenvalue weighted by atomic mass is 35.5. The van der Waals surface area contributed by atoms with Crippen LogP contribution in [0.25, 0.3) is 6.08 Å². The first-order chi connectivity index (χ1) is 9.38. The number of thiophene rings is 1. The molecule has 1 N–H and O–H groups in total. The van der Waals surface area contributed by atoms with Crippen LogP contribution >= 0.6 is 22.9 Å². The summed E-state index contributed by atoms with van der Waals surface area (Å²) in [7, 11) is 0. The minimum absolute atomic E-state index is 0.0445. The van der Waals surface area contributed by atoms with Gasteiger partial charge in [0.2, 0.25) is 5.91 Å². The molecular weight excluding hydrogens is 298 g/mol. The van der Waals surface area contributed by atoms with E-state index in [1.807, 2.05) is 19.9 Å². The molecular formula is C14H18ClNO3S. The Hall–Kier alpha value is -1.33. The molecule has 1 aromatic rings. The minimum atomic E-state index is -0.902. The third-order valence-corrected chi connectivity index (χ3v) is 3.67. The zero-order valence-corrected chi connectivity index (χ0v) is 13.1. The quantitative estimate of drug-likeness (QED) is 0.785. The average Bonchev–Trinajstić information content (AvgIpc) is 2.76. The number of carboxylic acids is 1. The van der Waals surface area contributed by atoms with Crippen LogP contribution in [0.1, 0.15) is 25.1 Å². The average molecular weight is 316 g/mol. The Morgan fingerprint density at radius 2 is 2.15 bits per heavy atom. The van der Waals surface area contributed by atoms with Gasteiger partial charge >= 0.3 is 5.97 Å². The SMILES string of the molecule is CC(C)CN(CCC(=O)O)C(=O)C=Cc1ccc(Cl)s1. The molecule has 0 atom stereocenters. The monoisotopic (exact) mass is 315 g/mol. The van der Waals surface area contributed by atoms with Crippen molar-refractivity contribution in [2.24, 2.45) is 5.92 Å². The van der Waals surface area contributed by atoms with E-state index in [9.17, 15) is 9.59 Å². The summed E-state index contributed by atoms with van der Waals surface area (Å²) in [5, 5.41) is 8.72. The molecule has 0 spiro atoms. The number of nitrogens with zero attached hydrogens (tertiary/aromatic N) is 1.